The lowest BCUT2D eigenvalue weighted by atomic mass is 10.2. The van der Waals surface area contributed by atoms with Gasteiger partial charge in [0.1, 0.15) is 0 Å². The van der Waals surface area contributed by atoms with E-state index >= 15 is 0 Å². The molecule has 0 saturated carbocycles. The van der Waals surface area contributed by atoms with Gasteiger partial charge in [-0.3, -0.25) is 4.79 Å². The van der Waals surface area contributed by atoms with Gasteiger partial charge in [0.05, 0.1) is 0 Å². The molecule has 106 valence electrons. The Labute approximate surface area is 116 Å². The van der Waals surface area contributed by atoms with E-state index in [2.05, 4.69) is 24.5 Å². The van der Waals surface area contributed by atoms with Gasteiger partial charge in [0.2, 0.25) is 5.91 Å². The van der Waals surface area contributed by atoms with E-state index in [1.54, 1.807) is 0 Å². The standard InChI is InChI=1S/C15H25N3O/c1-5-12(2)16-11-10-15(19)17-13-6-8-14(9-7-13)18(3)4/h6-9,12,16H,5,10-11H2,1-4H3,(H,17,19). The first-order valence-corrected chi connectivity index (χ1v) is 6.83. The quantitative estimate of drug-likeness (QED) is 0.794. The first-order chi connectivity index (χ1) is 9.02. The van der Waals surface area contributed by atoms with Gasteiger partial charge in [-0.25, -0.2) is 0 Å². The Morgan fingerprint density at radius 2 is 1.89 bits per heavy atom. The maximum atomic E-state index is 11.7. The van der Waals surface area contributed by atoms with Gasteiger partial charge in [-0.15, -0.1) is 0 Å². The van der Waals surface area contributed by atoms with Crippen molar-refractivity contribution in [3.8, 4) is 0 Å². The van der Waals surface area contributed by atoms with Crippen LogP contribution in [-0.2, 0) is 4.79 Å². The topological polar surface area (TPSA) is 44.4 Å². The Kier molecular flexibility index (Phi) is 6.36. The first kappa shape index (κ1) is 15.5. The maximum Gasteiger partial charge on any atom is 0.225 e. The first-order valence-electron chi connectivity index (χ1n) is 6.83. The minimum absolute atomic E-state index is 0.0495. The SMILES string of the molecule is CCC(C)NCCC(=O)Nc1ccc(N(C)C)cc1. The lowest BCUT2D eigenvalue weighted by molar-refractivity contribution is -0.116. The molecule has 0 saturated heterocycles. The Morgan fingerprint density at radius 3 is 2.42 bits per heavy atom. The van der Waals surface area contributed by atoms with Crippen LogP contribution in [0.3, 0.4) is 0 Å². The van der Waals surface area contributed by atoms with E-state index in [9.17, 15) is 4.79 Å². The fourth-order valence-electron chi connectivity index (χ4n) is 1.64. The van der Waals surface area contributed by atoms with Crippen LogP contribution in [0.5, 0.6) is 0 Å². The Hall–Kier alpha value is -1.55. The summed E-state index contributed by atoms with van der Waals surface area (Å²) in [4.78, 5) is 13.8. The molecule has 0 radical (unpaired) electrons. The van der Waals surface area contributed by atoms with E-state index in [1.165, 1.54) is 0 Å². The zero-order valence-electron chi connectivity index (χ0n) is 12.4. The number of amides is 1. The molecule has 0 bridgehead atoms. The Morgan fingerprint density at radius 1 is 1.26 bits per heavy atom. The van der Waals surface area contributed by atoms with Gasteiger partial charge in [-0.2, -0.15) is 0 Å². The lowest BCUT2D eigenvalue weighted by Crippen LogP contribution is -2.28. The summed E-state index contributed by atoms with van der Waals surface area (Å²) in [6.07, 6.45) is 1.58. The maximum absolute atomic E-state index is 11.7. The van der Waals surface area contributed by atoms with Gasteiger partial charge in [0.15, 0.2) is 0 Å². The molecule has 1 rings (SSSR count). The van der Waals surface area contributed by atoms with E-state index < -0.39 is 0 Å². The summed E-state index contributed by atoms with van der Waals surface area (Å²) in [5.74, 6) is 0.0495. The van der Waals surface area contributed by atoms with E-state index in [-0.39, 0.29) is 5.91 Å². The highest BCUT2D eigenvalue weighted by atomic mass is 16.1. The van der Waals surface area contributed by atoms with Crippen molar-refractivity contribution in [2.75, 3.05) is 30.9 Å². The van der Waals surface area contributed by atoms with Crippen molar-refractivity contribution in [2.24, 2.45) is 0 Å². The predicted molar refractivity (Wildman–Crippen MR) is 81.8 cm³/mol. The summed E-state index contributed by atoms with van der Waals surface area (Å²) in [7, 11) is 3.99. The number of carbonyl (C=O) groups excluding carboxylic acids is 1. The second-order valence-electron chi connectivity index (χ2n) is 5.00. The third-order valence-electron chi connectivity index (χ3n) is 3.12. The number of hydrogen-bond acceptors (Lipinski definition) is 3. The average Bonchev–Trinajstić information content (AvgIpc) is 2.39. The molecule has 4 heteroatoms. The molecule has 0 aromatic heterocycles. The zero-order valence-corrected chi connectivity index (χ0v) is 12.4. The molecular formula is C15H25N3O. The number of carbonyl (C=O) groups is 1. The van der Waals surface area contributed by atoms with Crippen LogP contribution in [0.1, 0.15) is 26.7 Å². The van der Waals surface area contributed by atoms with Crippen molar-refractivity contribution >= 4 is 17.3 Å². The van der Waals surface area contributed by atoms with Gasteiger partial charge in [0, 0.05) is 44.5 Å². The molecule has 0 aliphatic heterocycles. The van der Waals surface area contributed by atoms with Crippen LogP contribution in [0.25, 0.3) is 0 Å². The molecule has 1 amide bonds. The third kappa shape index (κ3) is 5.75. The minimum Gasteiger partial charge on any atom is -0.378 e. The fourth-order valence-corrected chi connectivity index (χ4v) is 1.64. The largest absolute Gasteiger partial charge is 0.378 e. The number of rotatable bonds is 7. The van der Waals surface area contributed by atoms with Gasteiger partial charge in [0.25, 0.3) is 0 Å². The summed E-state index contributed by atoms with van der Waals surface area (Å²) < 4.78 is 0. The van der Waals surface area contributed by atoms with Crippen molar-refractivity contribution in [2.45, 2.75) is 32.7 Å². The van der Waals surface area contributed by atoms with Gasteiger partial charge >= 0.3 is 0 Å². The Balaban J connectivity index is 2.36. The predicted octanol–water partition coefficient (Wildman–Crippen LogP) is 2.47. The van der Waals surface area contributed by atoms with Crippen LogP contribution >= 0.6 is 0 Å². The molecule has 19 heavy (non-hydrogen) atoms. The number of anilines is 2. The highest BCUT2D eigenvalue weighted by Crippen LogP contribution is 2.15. The van der Waals surface area contributed by atoms with Crippen molar-refractivity contribution < 1.29 is 4.79 Å². The van der Waals surface area contributed by atoms with Crippen LogP contribution in [0.15, 0.2) is 24.3 Å². The smallest absolute Gasteiger partial charge is 0.225 e. The molecule has 0 aliphatic carbocycles. The summed E-state index contributed by atoms with van der Waals surface area (Å²) in [6, 6.07) is 8.30. The fraction of sp³-hybridized carbons (Fsp3) is 0.533. The van der Waals surface area contributed by atoms with Crippen LogP contribution in [-0.4, -0.2) is 32.6 Å². The van der Waals surface area contributed by atoms with Crippen molar-refractivity contribution in [3.63, 3.8) is 0 Å². The van der Waals surface area contributed by atoms with Crippen LogP contribution in [0.2, 0.25) is 0 Å². The summed E-state index contributed by atoms with van der Waals surface area (Å²) in [5.41, 5.74) is 1.97. The molecule has 1 aromatic rings. The molecule has 1 aromatic carbocycles. The normalized spacial score (nSPS) is 12.0. The molecule has 0 heterocycles. The molecule has 1 atom stereocenters. The molecular weight excluding hydrogens is 238 g/mol. The Bertz CT molecular complexity index is 387. The van der Waals surface area contributed by atoms with Gasteiger partial charge in [-0.05, 0) is 37.6 Å². The number of benzene rings is 1. The van der Waals surface area contributed by atoms with E-state index in [0.717, 1.165) is 24.3 Å². The minimum atomic E-state index is 0.0495. The highest BCUT2D eigenvalue weighted by molar-refractivity contribution is 5.91. The summed E-state index contributed by atoms with van der Waals surface area (Å²) >= 11 is 0. The van der Waals surface area contributed by atoms with Crippen LogP contribution in [0.4, 0.5) is 11.4 Å². The average molecular weight is 263 g/mol. The monoisotopic (exact) mass is 263 g/mol. The molecule has 2 N–H and O–H groups in total. The third-order valence-corrected chi connectivity index (χ3v) is 3.12. The van der Waals surface area contributed by atoms with Crippen molar-refractivity contribution in [1.29, 1.82) is 0 Å². The summed E-state index contributed by atoms with van der Waals surface area (Å²) in [6.45, 7) is 4.97. The molecule has 0 fully saturated rings. The molecule has 0 aliphatic rings. The zero-order chi connectivity index (χ0) is 14.3. The van der Waals surface area contributed by atoms with E-state index in [1.807, 2.05) is 43.3 Å². The van der Waals surface area contributed by atoms with Crippen molar-refractivity contribution in [1.82, 2.24) is 5.32 Å². The molecule has 1 unspecified atom stereocenters. The van der Waals surface area contributed by atoms with Crippen LogP contribution < -0.4 is 15.5 Å². The van der Waals surface area contributed by atoms with Gasteiger partial charge < -0.3 is 15.5 Å². The number of hydrogen-bond donors (Lipinski definition) is 2. The lowest BCUT2D eigenvalue weighted by Gasteiger charge is -2.13. The second-order valence-corrected chi connectivity index (χ2v) is 5.00. The van der Waals surface area contributed by atoms with E-state index in [4.69, 9.17) is 0 Å². The second kappa shape index (κ2) is 7.79. The molecule has 0 spiro atoms. The summed E-state index contributed by atoms with van der Waals surface area (Å²) in [5, 5.41) is 6.21. The highest BCUT2D eigenvalue weighted by Gasteiger charge is 2.04. The van der Waals surface area contributed by atoms with Crippen molar-refractivity contribution in [3.05, 3.63) is 24.3 Å². The molecule has 4 nitrogen and oxygen atoms in total. The van der Waals surface area contributed by atoms with Gasteiger partial charge in [-0.1, -0.05) is 6.92 Å². The number of nitrogens with zero attached hydrogens (tertiary/aromatic N) is 1. The van der Waals surface area contributed by atoms with Crippen LogP contribution in [0, 0.1) is 0 Å². The van der Waals surface area contributed by atoms with E-state index in [0.29, 0.717) is 12.5 Å². The number of nitrogens with one attached hydrogen (secondary N) is 2.